The number of β-amino-alcohol motifs (C(OH)–C–C–N with tert-alkyl or cyclic N) is 1. The Morgan fingerprint density at radius 2 is 1.76 bits per heavy atom. The Hall–Kier alpha value is -2.51. The van der Waals surface area contributed by atoms with Gasteiger partial charge in [-0.25, -0.2) is 8.78 Å². The van der Waals surface area contributed by atoms with Gasteiger partial charge in [0.05, 0.1) is 12.7 Å². The number of aliphatic hydroxyl groups excluding tert-OH is 1. The van der Waals surface area contributed by atoms with Crippen molar-refractivity contribution in [3.63, 3.8) is 0 Å². The van der Waals surface area contributed by atoms with Crippen molar-refractivity contribution in [1.82, 2.24) is 9.80 Å². The number of benzene rings is 2. The van der Waals surface area contributed by atoms with Crippen molar-refractivity contribution in [1.29, 1.82) is 0 Å². The first-order valence-electron chi connectivity index (χ1n) is 13.7. The number of hydrogen-bond donors (Lipinski definition) is 1. The molecule has 2 saturated heterocycles. The molecule has 1 atom stereocenters. The molecule has 2 aromatic carbocycles. The predicted molar refractivity (Wildman–Crippen MR) is 142 cm³/mol. The van der Waals surface area contributed by atoms with Gasteiger partial charge in [-0.05, 0) is 87.4 Å². The van der Waals surface area contributed by atoms with Gasteiger partial charge in [-0.2, -0.15) is 0 Å². The minimum absolute atomic E-state index is 0.251. The zero-order chi connectivity index (χ0) is 26.4. The van der Waals surface area contributed by atoms with E-state index in [2.05, 4.69) is 4.90 Å². The van der Waals surface area contributed by atoms with Crippen LogP contribution in [-0.2, 0) is 0 Å². The van der Waals surface area contributed by atoms with Crippen LogP contribution in [0.1, 0.15) is 62.7 Å². The van der Waals surface area contributed by atoms with E-state index in [0.717, 1.165) is 38.1 Å². The first kappa shape index (κ1) is 27.5. The van der Waals surface area contributed by atoms with Crippen LogP contribution in [0.3, 0.4) is 0 Å². The molecule has 2 aliphatic rings. The maximum absolute atomic E-state index is 14.9. The Labute approximate surface area is 219 Å². The molecule has 0 radical (unpaired) electrons. The van der Waals surface area contributed by atoms with Crippen LogP contribution in [0.4, 0.5) is 8.78 Å². The van der Waals surface area contributed by atoms with E-state index in [1.54, 1.807) is 17.0 Å². The molecule has 7 heteroatoms. The second-order valence-corrected chi connectivity index (χ2v) is 10.7. The fourth-order valence-corrected chi connectivity index (χ4v) is 5.33. The standard InChI is InChI=1S/C30H40F2N2O3/c1-3-30(32,4-2)21-33-16-13-22(14-17-33)20-37-26-10-7-23(8-11-26)27-12-9-24(18-28(27)31)29(36)34-15-5-6-25(35)19-34/h7-12,18,22,25,35H,3-6,13-17,19-21H2,1-2H3/t25-/m1/s1. The minimum atomic E-state index is -1.09. The number of alkyl halides is 1. The Bertz CT molecular complexity index is 1030. The van der Waals surface area contributed by atoms with E-state index in [9.17, 15) is 18.7 Å². The van der Waals surface area contributed by atoms with E-state index in [4.69, 9.17) is 4.74 Å². The highest BCUT2D eigenvalue weighted by atomic mass is 19.1. The molecular formula is C30H40F2N2O3. The molecule has 4 rings (SSSR count). The molecule has 1 amide bonds. The number of carbonyl (C=O) groups is 1. The number of carbonyl (C=O) groups excluding carboxylic acids is 1. The summed E-state index contributed by atoms with van der Waals surface area (Å²) in [6.45, 7) is 7.64. The largest absolute Gasteiger partial charge is 0.493 e. The van der Waals surface area contributed by atoms with Crippen LogP contribution in [0.2, 0.25) is 0 Å². The van der Waals surface area contributed by atoms with E-state index < -0.39 is 17.6 Å². The van der Waals surface area contributed by atoms with Gasteiger partial charge < -0.3 is 19.6 Å². The fourth-order valence-electron chi connectivity index (χ4n) is 5.33. The first-order chi connectivity index (χ1) is 17.8. The summed E-state index contributed by atoms with van der Waals surface area (Å²) in [7, 11) is 0. The molecule has 37 heavy (non-hydrogen) atoms. The highest BCUT2D eigenvalue weighted by Gasteiger charge is 2.30. The monoisotopic (exact) mass is 514 g/mol. The van der Waals surface area contributed by atoms with E-state index in [1.165, 1.54) is 6.07 Å². The Kier molecular flexibility index (Phi) is 9.19. The molecule has 2 aliphatic heterocycles. The number of halogens is 2. The molecule has 2 heterocycles. The zero-order valence-corrected chi connectivity index (χ0v) is 22.1. The van der Waals surface area contributed by atoms with Crippen LogP contribution in [0.25, 0.3) is 11.1 Å². The second-order valence-electron chi connectivity index (χ2n) is 10.7. The molecule has 202 valence electrons. The van der Waals surface area contributed by atoms with Crippen molar-refractivity contribution in [2.45, 2.75) is 64.1 Å². The van der Waals surface area contributed by atoms with Gasteiger partial charge in [0.1, 0.15) is 17.2 Å². The average molecular weight is 515 g/mol. The summed E-state index contributed by atoms with van der Waals surface area (Å²) in [4.78, 5) is 16.5. The minimum Gasteiger partial charge on any atom is -0.493 e. The molecule has 1 N–H and O–H groups in total. The number of ether oxygens (including phenoxy) is 1. The maximum Gasteiger partial charge on any atom is 0.254 e. The Morgan fingerprint density at radius 3 is 2.38 bits per heavy atom. The number of likely N-dealkylation sites (tertiary alicyclic amines) is 2. The number of amides is 1. The van der Waals surface area contributed by atoms with Crippen LogP contribution in [-0.4, -0.2) is 71.9 Å². The van der Waals surface area contributed by atoms with Gasteiger partial charge in [0.2, 0.25) is 0 Å². The smallest absolute Gasteiger partial charge is 0.254 e. The van der Waals surface area contributed by atoms with Gasteiger partial charge in [-0.3, -0.25) is 4.79 Å². The summed E-state index contributed by atoms with van der Waals surface area (Å²) < 4.78 is 35.7. The summed E-state index contributed by atoms with van der Waals surface area (Å²) in [5, 5.41) is 9.83. The van der Waals surface area contributed by atoms with Gasteiger partial charge in [0.15, 0.2) is 0 Å². The van der Waals surface area contributed by atoms with Gasteiger partial charge in [-0.15, -0.1) is 0 Å². The molecule has 0 bridgehead atoms. The number of piperidine rings is 2. The SMILES string of the molecule is CCC(F)(CC)CN1CCC(COc2ccc(-c3ccc(C(=O)N4CCC[C@@H](O)C4)cc3F)cc2)CC1. The van der Waals surface area contributed by atoms with Crippen molar-refractivity contribution >= 4 is 5.91 Å². The van der Waals surface area contributed by atoms with Crippen molar-refractivity contribution in [3.05, 3.63) is 53.8 Å². The summed E-state index contributed by atoms with van der Waals surface area (Å²) in [6, 6.07) is 11.9. The lowest BCUT2D eigenvalue weighted by atomic mass is 9.94. The molecule has 2 aromatic rings. The molecule has 0 unspecified atom stereocenters. The van der Waals surface area contributed by atoms with E-state index >= 15 is 0 Å². The maximum atomic E-state index is 14.9. The normalized spacial score (nSPS) is 19.7. The van der Waals surface area contributed by atoms with E-state index in [-0.39, 0.29) is 5.91 Å². The van der Waals surface area contributed by atoms with Crippen molar-refractivity contribution in [3.8, 4) is 16.9 Å². The molecule has 0 aliphatic carbocycles. The second kappa shape index (κ2) is 12.4. The summed E-state index contributed by atoms with van der Waals surface area (Å²) in [5.41, 5.74) is 0.351. The third kappa shape index (κ3) is 7.08. The van der Waals surface area contributed by atoms with Gasteiger partial charge >= 0.3 is 0 Å². The molecule has 0 aromatic heterocycles. The zero-order valence-electron chi connectivity index (χ0n) is 22.1. The van der Waals surface area contributed by atoms with Crippen molar-refractivity contribution in [2.75, 3.05) is 39.3 Å². The first-order valence-corrected chi connectivity index (χ1v) is 13.7. The lowest BCUT2D eigenvalue weighted by Crippen LogP contribution is -2.44. The molecule has 5 nitrogen and oxygen atoms in total. The van der Waals surface area contributed by atoms with Crippen LogP contribution in [0, 0.1) is 11.7 Å². The topological polar surface area (TPSA) is 53.0 Å². The average Bonchev–Trinajstić information content (AvgIpc) is 2.92. The predicted octanol–water partition coefficient (Wildman–Crippen LogP) is 5.71. The lowest BCUT2D eigenvalue weighted by Gasteiger charge is -2.36. The highest BCUT2D eigenvalue weighted by molar-refractivity contribution is 5.95. The molecular weight excluding hydrogens is 474 g/mol. The van der Waals surface area contributed by atoms with Gasteiger partial charge in [-0.1, -0.05) is 32.0 Å². The number of rotatable bonds is 9. The fraction of sp³-hybridized carbons (Fsp3) is 0.567. The molecule has 0 saturated carbocycles. The van der Waals surface area contributed by atoms with Crippen molar-refractivity contribution in [2.24, 2.45) is 5.92 Å². The van der Waals surface area contributed by atoms with Crippen LogP contribution >= 0.6 is 0 Å². The van der Waals surface area contributed by atoms with Crippen LogP contribution in [0.5, 0.6) is 5.75 Å². The number of aliphatic hydroxyl groups is 1. The van der Waals surface area contributed by atoms with Crippen LogP contribution < -0.4 is 4.74 Å². The van der Waals surface area contributed by atoms with Gasteiger partial charge in [0, 0.05) is 30.8 Å². The highest BCUT2D eigenvalue weighted by Crippen LogP contribution is 2.28. The van der Waals surface area contributed by atoms with Crippen molar-refractivity contribution < 1.29 is 23.4 Å². The Morgan fingerprint density at radius 1 is 1.05 bits per heavy atom. The number of nitrogens with zero attached hydrogens (tertiary/aromatic N) is 2. The Balaban J connectivity index is 1.28. The third-order valence-corrected chi connectivity index (χ3v) is 8.03. The third-order valence-electron chi connectivity index (χ3n) is 8.03. The van der Waals surface area contributed by atoms with E-state index in [1.807, 2.05) is 38.1 Å². The van der Waals surface area contributed by atoms with Gasteiger partial charge in [0.25, 0.3) is 5.91 Å². The summed E-state index contributed by atoms with van der Waals surface area (Å²) in [5.74, 6) is 0.476. The summed E-state index contributed by atoms with van der Waals surface area (Å²) in [6.07, 6.45) is 4.02. The lowest BCUT2D eigenvalue weighted by molar-refractivity contribution is 0.0473. The van der Waals surface area contributed by atoms with E-state index in [0.29, 0.717) is 68.1 Å². The van der Waals surface area contributed by atoms with Crippen LogP contribution in [0.15, 0.2) is 42.5 Å². The molecule has 0 spiro atoms. The molecule has 2 fully saturated rings. The number of hydrogen-bond acceptors (Lipinski definition) is 4. The quantitative estimate of drug-likeness (QED) is 0.466. The summed E-state index contributed by atoms with van der Waals surface area (Å²) >= 11 is 0.